The standard InChI is InChI=1S/C21H27IN2O5S/c1-5-14-11-16(7-9-17(14)22)24-30(27,28)19-10-8-15(12-18(19)29-6-2)23-21(26)20(25)13(3)4/h7-13,20,24-25H,5-6H2,1-4H3,(H,23,26)/t20-/m0/s1. The van der Waals surface area contributed by atoms with Gasteiger partial charge in [-0.1, -0.05) is 20.8 Å². The number of rotatable bonds is 9. The smallest absolute Gasteiger partial charge is 0.265 e. The Morgan fingerprint density at radius 3 is 2.40 bits per heavy atom. The van der Waals surface area contributed by atoms with Crippen molar-refractivity contribution < 1.29 is 23.1 Å². The zero-order chi connectivity index (χ0) is 22.5. The Morgan fingerprint density at radius 1 is 1.13 bits per heavy atom. The van der Waals surface area contributed by atoms with Gasteiger partial charge < -0.3 is 15.2 Å². The molecule has 2 rings (SSSR count). The van der Waals surface area contributed by atoms with Crippen molar-refractivity contribution in [1.82, 2.24) is 0 Å². The van der Waals surface area contributed by atoms with Gasteiger partial charge in [0.15, 0.2) is 0 Å². The molecule has 1 amide bonds. The number of carbonyl (C=O) groups is 1. The average molecular weight is 546 g/mol. The highest BCUT2D eigenvalue weighted by atomic mass is 127. The van der Waals surface area contributed by atoms with Crippen LogP contribution in [0.1, 0.15) is 33.3 Å². The highest BCUT2D eigenvalue weighted by Gasteiger charge is 2.23. The number of carbonyl (C=O) groups excluding carboxylic acids is 1. The minimum absolute atomic E-state index is 0.0386. The molecule has 7 nitrogen and oxygen atoms in total. The van der Waals surface area contributed by atoms with Gasteiger partial charge in [0.2, 0.25) is 0 Å². The number of nitrogens with one attached hydrogen (secondary N) is 2. The lowest BCUT2D eigenvalue weighted by molar-refractivity contribution is -0.125. The van der Waals surface area contributed by atoms with Gasteiger partial charge in [0, 0.05) is 21.0 Å². The van der Waals surface area contributed by atoms with Gasteiger partial charge in [-0.15, -0.1) is 0 Å². The van der Waals surface area contributed by atoms with Crippen LogP contribution >= 0.6 is 22.6 Å². The summed E-state index contributed by atoms with van der Waals surface area (Å²) in [5.41, 5.74) is 1.85. The van der Waals surface area contributed by atoms with Crippen LogP contribution in [-0.2, 0) is 21.2 Å². The first-order valence-electron chi connectivity index (χ1n) is 9.66. The van der Waals surface area contributed by atoms with E-state index in [4.69, 9.17) is 4.74 Å². The molecule has 1 atom stereocenters. The summed E-state index contributed by atoms with van der Waals surface area (Å²) in [4.78, 5) is 12.1. The van der Waals surface area contributed by atoms with Crippen molar-refractivity contribution in [2.24, 2.45) is 5.92 Å². The lowest BCUT2D eigenvalue weighted by atomic mass is 10.1. The van der Waals surface area contributed by atoms with Crippen LogP contribution in [0.15, 0.2) is 41.3 Å². The maximum Gasteiger partial charge on any atom is 0.265 e. The summed E-state index contributed by atoms with van der Waals surface area (Å²) in [7, 11) is -3.92. The second-order valence-corrected chi connectivity index (χ2v) is 9.85. The van der Waals surface area contributed by atoms with E-state index in [0.29, 0.717) is 11.4 Å². The molecule has 0 heterocycles. The Bertz CT molecular complexity index is 1010. The molecule has 0 saturated carbocycles. The van der Waals surface area contributed by atoms with Gasteiger partial charge in [0.05, 0.1) is 6.61 Å². The first-order valence-corrected chi connectivity index (χ1v) is 12.2. The van der Waals surface area contributed by atoms with Gasteiger partial charge in [-0.2, -0.15) is 0 Å². The van der Waals surface area contributed by atoms with Crippen LogP contribution < -0.4 is 14.8 Å². The number of amides is 1. The van der Waals surface area contributed by atoms with Gasteiger partial charge in [-0.25, -0.2) is 8.42 Å². The molecule has 0 fully saturated rings. The Balaban J connectivity index is 2.34. The van der Waals surface area contributed by atoms with E-state index in [-0.39, 0.29) is 23.2 Å². The number of aryl methyl sites for hydroxylation is 1. The first-order chi connectivity index (χ1) is 14.1. The van der Waals surface area contributed by atoms with Crippen molar-refractivity contribution >= 4 is 49.9 Å². The van der Waals surface area contributed by atoms with Gasteiger partial charge in [-0.05, 0) is 77.7 Å². The largest absolute Gasteiger partial charge is 0.492 e. The predicted octanol–water partition coefficient (Wildman–Crippen LogP) is 4.01. The van der Waals surface area contributed by atoms with E-state index >= 15 is 0 Å². The Hall–Kier alpha value is -1.85. The third-order valence-corrected chi connectivity index (χ3v) is 6.85. The molecule has 0 aromatic heterocycles. The fourth-order valence-corrected chi connectivity index (χ4v) is 4.61. The van der Waals surface area contributed by atoms with E-state index in [0.717, 1.165) is 15.6 Å². The van der Waals surface area contributed by atoms with E-state index in [1.165, 1.54) is 18.2 Å². The van der Waals surface area contributed by atoms with Crippen LogP contribution in [0.25, 0.3) is 0 Å². The molecule has 0 aliphatic heterocycles. The van der Waals surface area contributed by atoms with Gasteiger partial charge in [0.25, 0.3) is 15.9 Å². The molecule has 0 unspecified atom stereocenters. The number of hydrogen-bond donors (Lipinski definition) is 3. The molecule has 0 aliphatic rings. The van der Waals surface area contributed by atoms with Crippen molar-refractivity contribution in [3.8, 4) is 5.75 Å². The minimum Gasteiger partial charge on any atom is -0.492 e. The van der Waals surface area contributed by atoms with Crippen LogP contribution in [0.5, 0.6) is 5.75 Å². The van der Waals surface area contributed by atoms with Crippen LogP contribution in [-0.4, -0.2) is 32.1 Å². The van der Waals surface area contributed by atoms with E-state index in [1.807, 2.05) is 19.1 Å². The molecule has 9 heteroatoms. The zero-order valence-corrected chi connectivity index (χ0v) is 20.4. The monoisotopic (exact) mass is 546 g/mol. The van der Waals surface area contributed by atoms with Crippen LogP contribution in [0, 0.1) is 9.49 Å². The number of hydrogen-bond acceptors (Lipinski definition) is 5. The van der Waals surface area contributed by atoms with Crippen molar-refractivity contribution in [2.75, 3.05) is 16.6 Å². The van der Waals surface area contributed by atoms with Crippen molar-refractivity contribution in [3.05, 3.63) is 45.5 Å². The number of anilines is 2. The molecule has 3 N–H and O–H groups in total. The van der Waals surface area contributed by atoms with Crippen LogP contribution in [0.2, 0.25) is 0 Å². The fourth-order valence-electron chi connectivity index (χ4n) is 2.71. The number of benzene rings is 2. The number of sulfonamides is 1. The zero-order valence-electron chi connectivity index (χ0n) is 17.4. The summed E-state index contributed by atoms with van der Waals surface area (Å²) in [5, 5.41) is 12.5. The second-order valence-electron chi connectivity index (χ2n) is 7.04. The molecule has 0 spiro atoms. The Morgan fingerprint density at radius 2 is 1.80 bits per heavy atom. The van der Waals surface area contributed by atoms with Gasteiger partial charge in [0.1, 0.15) is 16.7 Å². The van der Waals surface area contributed by atoms with E-state index < -0.39 is 22.0 Å². The molecule has 0 bridgehead atoms. The van der Waals surface area contributed by atoms with Crippen LogP contribution in [0.3, 0.4) is 0 Å². The molecule has 30 heavy (non-hydrogen) atoms. The maximum absolute atomic E-state index is 13.0. The average Bonchev–Trinajstić information content (AvgIpc) is 2.68. The third-order valence-electron chi connectivity index (χ3n) is 4.38. The number of halogens is 1. The lowest BCUT2D eigenvalue weighted by Crippen LogP contribution is -2.31. The summed E-state index contributed by atoms with van der Waals surface area (Å²) in [6.07, 6.45) is -0.381. The SMILES string of the molecule is CCOc1cc(NC(=O)[C@@H](O)C(C)C)ccc1S(=O)(=O)Nc1ccc(I)c(CC)c1. The molecule has 0 aliphatic carbocycles. The molecular formula is C21H27IN2O5S. The first kappa shape index (κ1) is 24.4. The van der Waals surface area contributed by atoms with Crippen molar-refractivity contribution in [2.45, 2.75) is 45.1 Å². The third kappa shape index (κ3) is 6.08. The van der Waals surface area contributed by atoms with Gasteiger partial charge >= 0.3 is 0 Å². The van der Waals surface area contributed by atoms with E-state index in [1.54, 1.807) is 26.8 Å². The Labute approximate surface area is 191 Å². The number of aliphatic hydroxyl groups excluding tert-OH is 1. The second kappa shape index (κ2) is 10.5. The molecule has 0 saturated heterocycles. The molecule has 164 valence electrons. The summed E-state index contributed by atoms with van der Waals surface area (Å²) in [5.74, 6) is -0.697. The molecule has 2 aromatic rings. The summed E-state index contributed by atoms with van der Waals surface area (Å²) in [6, 6.07) is 9.65. The van der Waals surface area contributed by atoms with Crippen molar-refractivity contribution in [1.29, 1.82) is 0 Å². The normalized spacial score (nSPS) is 12.5. The molecular weight excluding hydrogens is 519 g/mol. The van der Waals surface area contributed by atoms with Gasteiger partial charge in [-0.3, -0.25) is 9.52 Å². The van der Waals surface area contributed by atoms with Crippen LogP contribution in [0.4, 0.5) is 11.4 Å². The fraction of sp³-hybridized carbons (Fsp3) is 0.381. The summed E-state index contributed by atoms with van der Waals surface area (Å²) >= 11 is 2.21. The summed E-state index contributed by atoms with van der Waals surface area (Å²) < 4.78 is 35.2. The number of aliphatic hydroxyl groups is 1. The quantitative estimate of drug-likeness (QED) is 0.413. The highest BCUT2D eigenvalue weighted by molar-refractivity contribution is 14.1. The van der Waals surface area contributed by atoms with E-state index in [2.05, 4.69) is 32.6 Å². The summed E-state index contributed by atoms with van der Waals surface area (Å²) in [6.45, 7) is 7.45. The predicted molar refractivity (Wildman–Crippen MR) is 126 cm³/mol. The highest BCUT2D eigenvalue weighted by Crippen LogP contribution is 2.30. The topological polar surface area (TPSA) is 105 Å². The van der Waals surface area contributed by atoms with Crippen molar-refractivity contribution in [3.63, 3.8) is 0 Å². The van der Waals surface area contributed by atoms with E-state index in [9.17, 15) is 18.3 Å². The lowest BCUT2D eigenvalue weighted by Gasteiger charge is -2.17. The Kier molecular flexibility index (Phi) is 8.51. The molecule has 0 radical (unpaired) electrons. The number of ether oxygens (including phenoxy) is 1. The minimum atomic E-state index is -3.92. The molecule has 2 aromatic carbocycles. The maximum atomic E-state index is 13.0.